The Morgan fingerprint density at radius 3 is 2.68 bits per heavy atom. The lowest BCUT2D eigenvalue weighted by Crippen LogP contribution is -2.29. The number of nitrogens with zero attached hydrogens (tertiary/aromatic N) is 3. The number of rotatable bonds is 8. The predicted molar refractivity (Wildman–Crippen MR) is 125 cm³/mol. The number of thiazole rings is 1. The fourth-order valence-corrected chi connectivity index (χ4v) is 5.27. The highest BCUT2D eigenvalue weighted by molar-refractivity contribution is 7.15. The highest BCUT2D eigenvalue weighted by Crippen LogP contribution is 2.34. The molecule has 2 aromatic heterocycles. The van der Waals surface area contributed by atoms with Gasteiger partial charge in [0.2, 0.25) is 5.95 Å². The maximum Gasteiger partial charge on any atom is 0.306 e. The molecule has 1 fully saturated rings. The Hall–Kier alpha value is -2.98. The van der Waals surface area contributed by atoms with Gasteiger partial charge in [-0.25, -0.2) is 23.7 Å². The second-order valence-electron chi connectivity index (χ2n) is 8.66. The van der Waals surface area contributed by atoms with Gasteiger partial charge in [0.1, 0.15) is 5.69 Å². The van der Waals surface area contributed by atoms with Crippen LogP contribution in [0.5, 0.6) is 0 Å². The number of aliphatic hydroxyl groups excluding tert-OH is 1. The summed E-state index contributed by atoms with van der Waals surface area (Å²) in [5.41, 5.74) is 2.21. The van der Waals surface area contributed by atoms with Gasteiger partial charge >= 0.3 is 5.97 Å². The van der Waals surface area contributed by atoms with Gasteiger partial charge in [0.25, 0.3) is 6.43 Å². The zero-order chi connectivity index (χ0) is 24.2. The molecule has 0 aliphatic heterocycles. The van der Waals surface area contributed by atoms with Crippen molar-refractivity contribution in [3.63, 3.8) is 0 Å². The van der Waals surface area contributed by atoms with E-state index in [9.17, 15) is 18.7 Å². The first kappa shape index (κ1) is 24.2. The molecule has 7 nitrogen and oxygen atoms in total. The first-order valence-corrected chi connectivity index (χ1v) is 12.0. The van der Waals surface area contributed by atoms with Crippen LogP contribution >= 0.6 is 11.3 Å². The lowest BCUT2D eigenvalue weighted by molar-refractivity contribution is -0.143. The van der Waals surface area contributed by atoms with Crippen molar-refractivity contribution >= 4 is 28.9 Å². The van der Waals surface area contributed by atoms with E-state index in [1.165, 1.54) is 23.6 Å². The zero-order valence-corrected chi connectivity index (χ0v) is 19.4. The number of alkyl halides is 2. The van der Waals surface area contributed by atoms with E-state index in [0.29, 0.717) is 37.8 Å². The van der Waals surface area contributed by atoms with E-state index in [4.69, 9.17) is 5.11 Å². The Kier molecular flexibility index (Phi) is 7.47. The zero-order valence-electron chi connectivity index (χ0n) is 18.6. The molecule has 0 radical (unpaired) electrons. The van der Waals surface area contributed by atoms with Gasteiger partial charge in [0, 0.05) is 24.5 Å². The molecule has 3 aromatic rings. The number of aryl methyl sites for hydroxylation is 1. The smallest absolute Gasteiger partial charge is 0.306 e. The highest BCUT2D eigenvalue weighted by Gasteiger charge is 2.30. The standard InChI is InChI=1S/C24H26F2N4O3S/c1-13-8-16(10-17(9-13)29-24-27-7-6-18(30-24)22(25)26)20-12-28-21(34-20)11-19(31)14-2-4-15(5-3-14)23(32)33/h6-10,12,14-15,19,22,31H,2-5,11H2,1H3,(H,32,33)(H,27,29,30)/t14-,15-,19?. The second kappa shape index (κ2) is 10.5. The Labute approximate surface area is 199 Å². The van der Waals surface area contributed by atoms with Crippen LogP contribution in [-0.2, 0) is 11.2 Å². The molecule has 0 bridgehead atoms. The number of halogens is 2. The topological polar surface area (TPSA) is 108 Å². The number of anilines is 2. The van der Waals surface area contributed by atoms with Crippen molar-refractivity contribution in [2.75, 3.05) is 5.32 Å². The van der Waals surface area contributed by atoms with E-state index in [1.54, 1.807) is 6.20 Å². The quantitative estimate of drug-likeness (QED) is 0.390. The fourth-order valence-electron chi connectivity index (χ4n) is 4.32. The van der Waals surface area contributed by atoms with E-state index in [1.807, 2.05) is 25.1 Å². The minimum Gasteiger partial charge on any atom is -0.481 e. The third-order valence-electron chi connectivity index (χ3n) is 6.12. The van der Waals surface area contributed by atoms with Crippen LogP contribution in [0.25, 0.3) is 10.4 Å². The van der Waals surface area contributed by atoms with Crippen LogP contribution in [0.3, 0.4) is 0 Å². The Bertz CT molecular complexity index is 1150. The molecule has 2 heterocycles. The SMILES string of the molecule is Cc1cc(Nc2nccc(C(F)F)n2)cc(-c2cnc(CC(O)[C@H]3CC[C@H](C(=O)O)CC3)s2)c1. The maximum absolute atomic E-state index is 12.9. The molecule has 1 unspecified atom stereocenters. The summed E-state index contributed by atoms with van der Waals surface area (Å²) in [7, 11) is 0. The van der Waals surface area contributed by atoms with Crippen molar-refractivity contribution in [2.24, 2.45) is 11.8 Å². The third kappa shape index (κ3) is 5.92. The Balaban J connectivity index is 1.43. The molecule has 180 valence electrons. The largest absolute Gasteiger partial charge is 0.481 e. The molecule has 0 spiro atoms. The van der Waals surface area contributed by atoms with Gasteiger partial charge in [-0.3, -0.25) is 4.79 Å². The Morgan fingerprint density at radius 2 is 1.97 bits per heavy atom. The molecular formula is C24H26F2N4O3S. The molecular weight excluding hydrogens is 462 g/mol. The van der Waals surface area contributed by atoms with Crippen LogP contribution in [0.4, 0.5) is 20.4 Å². The first-order chi connectivity index (χ1) is 16.3. The molecule has 0 saturated heterocycles. The number of carboxylic acids is 1. The van der Waals surface area contributed by atoms with Crippen LogP contribution < -0.4 is 5.32 Å². The van der Waals surface area contributed by atoms with Crippen LogP contribution in [0, 0.1) is 18.8 Å². The van der Waals surface area contributed by atoms with E-state index in [-0.39, 0.29) is 23.5 Å². The number of nitrogens with one attached hydrogen (secondary N) is 1. The summed E-state index contributed by atoms with van der Waals surface area (Å²) in [4.78, 5) is 24.4. The number of hydrogen-bond donors (Lipinski definition) is 3. The molecule has 3 N–H and O–H groups in total. The number of carboxylic acid groups (broad SMARTS) is 1. The van der Waals surface area contributed by atoms with Gasteiger partial charge in [-0.05, 0) is 67.9 Å². The molecule has 4 rings (SSSR count). The van der Waals surface area contributed by atoms with Crippen molar-refractivity contribution in [3.05, 3.63) is 52.9 Å². The molecule has 10 heteroatoms. The summed E-state index contributed by atoms with van der Waals surface area (Å²) in [6.45, 7) is 1.93. The van der Waals surface area contributed by atoms with Crippen molar-refractivity contribution in [2.45, 2.75) is 51.6 Å². The Morgan fingerprint density at radius 1 is 1.21 bits per heavy atom. The lowest BCUT2D eigenvalue weighted by Gasteiger charge is -2.29. The van der Waals surface area contributed by atoms with E-state index >= 15 is 0 Å². The monoisotopic (exact) mass is 488 g/mol. The number of hydrogen-bond acceptors (Lipinski definition) is 7. The number of carbonyl (C=O) groups is 1. The van der Waals surface area contributed by atoms with Gasteiger partial charge in [0.15, 0.2) is 0 Å². The van der Waals surface area contributed by atoms with Crippen molar-refractivity contribution in [1.82, 2.24) is 15.0 Å². The molecule has 1 aromatic carbocycles. The maximum atomic E-state index is 12.9. The van der Waals surface area contributed by atoms with Gasteiger partial charge < -0.3 is 15.5 Å². The normalized spacial score (nSPS) is 19.2. The average Bonchev–Trinajstić information content (AvgIpc) is 3.27. The third-order valence-corrected chi connectivity index (χ3v) is 7.19. The molecule has 1 saturated carbocycles. The molecule has 0 amide bonds. The summed E-state index contributed by atoms with van der Waals surface area (Å²) in [6.07, 6.45) is 2.88. The molecule has 1 aliphatic rings. The number of aromatic nitrogens is 3. The number of aliphatic carboxylic acids is 1. The summed E-state index contributed by atoms with van der Waals surface area (Å²) >= 11 is 1.49. The van der Waals surface area contributed by atoms with Crippen LogP contribution in [-0.4, -0.2) is 37.2 Å². The summed E-state index contributed by atoms with van der Waals surface area (Å²) < 4.78 is 25.9. The van der Waals surface area contributed by atoms with E-state index < -0.39 is 18.5 Å². The van der Waals surface area contributed by atoms with E-state index in [2.05, 4.69) is 20.3 Å². The lowest BCUT2D eigenvalue weighted by atomic mass is 9.79. The van der Waals surface area contributed by atoms with Crippen molar-refractivity contribution in [3.8, 4) is 10.4 Å². The number of benzene rings is 1. The van der Waals surface area contributed by atoms with Crippen LogP contribution in [0.1, 0.15) is 48.4 Å². The number of aliphatic hydroxyl groups is 1. The predicted octanol–water partition coefficient (Wildman–Crippen LogP) is 5.38. The van der Waals surface area contributed by atoms with Crippen LogP contribution in [0.15, 0.2) is 36.7 Å². The van der Waals surface area contributed by atoms with Crippen LogP contribution in [0.2, 0.25) is 0 Å². The molecule has 1 aliphatic carbocycles. The van der Waals surface area contributed by atoms with Crippen molar-refractivity contribution in [1.29, 1.82) is 0 Å². The highest BCUT2D eigenvalue weighted by atomic mass is 32.1. The molecule has 1 atom stereocenters. The minimum absolute atomic E-state index is 0.0849. The van der Waals surface area contributed by atoms with Gasteiger partial charge in [-0.15, -0.1) is 11.3 Å². The van der Waals surface area contributed by atoms with Gasteiger partial charge in [-0.2, -0.15) is 0 Å². The van der Waals surface area contributed by atoms with Gasteiger partial charge in [0.05, 0.1) is 21.9 Å². The van der Waals surface area contributed by atoms with E-state index in [0.717, 1.165) is 21.0 Å². The first-order valence-electron chi connectivity index (χ1n) is 11.1. The molecule has 34 heavy (non-hydrogen) atoms. The average molecular weight is 489 g/mol. The van der Waals surface area contributed by atoms with Gasteiger partial charge in [-0.1, -0.05) is 6.07 Å². The summed E-state index contributed by atoms with van der Waals surface area (Å²) in [5, 5.41) is 23.6. The van der Waals surface area contributed by atoms with Crippen molar-refractivity contribution < 1.29 is 23.8 Å². The fraction of sp³-hybridized carbons (Fsp3) is 0.417. The minimum atomic E-state index is -2.67. The second-order valence-corrected chi connectivity index (χ2v) is 9.77. The summed E-state index contributed by atoms with van der Waals surface area (Å²) in [6, 6.07) is 6.94. The summed E-state index contributed by atoms with van der Waals surface area (Å²) in [5.74, 6) is -0.873.